The van der Waals surface area contributed by atoms with Gasteiger partial charge in [-0.15, -0.1) is 0 Å². The van der Waals surface area contributed by atoms with E-state index in [0.717, 1.165) is 11.7 Å². The van der Waals surface area contributed by atoms with E-state index in [1.54, 1.807) is 0 Å². The molecule has 0 aliphatic carbocycles. The molecule has 0 saturated carbocycles. The Bertz CT molecular complexity index is 191. The van der Waals surface area contributed by atoms with Crippen molar-refractivity contribution in [3.63, 3.8) is 0 Å². The fourth-order valence-electron chi connectivity index (χ4n) is 2.98. The van der Waals surface area contributed by atoms with Gasteiger partial charge in [-0.25, -0.2) is 0 Å². The third-order valence-corrected chi connectivity index (χ3v) is 5.23. The summed E-state index contributed by atoms with van der Waals surface area (Å²) in [5.41, 5.74) is 0.674. The van der Waals surface area contributed by atoms with Crippen LogP contribution in [0.3, 0.4) is 0 Å². The van der Waals surface area contributed by atoms with Crippen molar-refractivity contribution in [1.82, 2.24) is 4.90 Å². The summed E-state index contributed by atoms with van der Waals surface area (Å²) in [5, 5.41) is 0. The molecule has 1 saturated heterocycles. The van der Waals surface area contributed by atoms with E-state index in [1.165, 1.54) is 58.2 Å². The van der Waals surface area contributed by atoms with Crippen LogP contribution in [-0.4, -0.2) is 30.3 Å². The van der Waals surface area contributed by atoms with E-state index in [-0.39, 0.29) is 0 Å². The van der Waals surface area contributed by atoms with Crippen LogP contribution >= 0.6 is 12.6 Å². The third kappa shape index (κ3) is 4.82. The Labute approximate surface area is 114 Å². The van der Waals surface area contributed by atoms with Crippen molar-refractivity contribution in [3.05, 3.63) is 0 Å². The quantitative estimate of drug-likeness (QED) is 0.668. The molecule has 1 rings (SSSR count). The van der Waals surface area contributed by atoms with Crippen LogP contribution in [0.15, 0.2) is 0 Å². The van der Waals surface area contributed by atoms with Crippen molar-refractivity contribution in [2.45, 2.75) is 59.3 Å². The zero-order chi connectivity index (χ0) is 12.7. The second-order valence-electron chi connectivity index (χ2n) is 5.95. The minimum absolute atomic E-state index is 0.674. The van der Waals surface area contributed by atoms with E-state index in [2.05, 4.69) is 38.3 Å². The molecule has 0 amide bonds. The van der Waals surface area contributed by atoms with Gasteiger partial charge in [0.05, 0.1) is 0 Å². The molecule has 0 aromatic carbocycles. The maximum absolute atomic E-state index is 4.31. The predicted octanol–water partition coefficient (Wildman–Crippen LogP) is 4.23. The lowest BCUT2D eigenvalue weighted by Crippen LogP contribution is -2.40. The first-order chi connectivity index (χ1) is 8.15. The van der Waals surface area contributed by atoms with Crippen LogP contribution in [0.25, 0.3) is 0 Å². The molecular weight excluding hydrogens is 226 g/mol. The first-order valence-corrected chi connectivity index (χ1v) is 8.12. The van der Waals surface area contributed by atoms with Gasteiger partial charge in [-0.2, -0.15) is 12.6 Å². The van der Waals surface area contributed by atoms with Crippen LogP contribution in [0.2, 0.25) is 0 Å². The fourth-order valence-corrected chi connectivity index (χ4v) is 3.42. The van der Waals surface area contributed by atoms with Gasteiger partial charge in [-0.3, -0.25) is 0 Å². The summed E-state index contributed by atoms with van der Waals surface area (Å²) in [6, 6.07) is 0. The van der Waals surface area contributed by atoms with Gasteiger partial charge in [-0.1, -0.05) is 33.6 Å². The molecule has 1 atom stereocenters. The number of hydrogen-bond donors (Lipinski definition) is 1. The van der Waals surface area contributed by atoms with Gasteiger partial charge in [-0.05, 0) is 62.4 Å². The Morgan fingerprint density at radius 2 is 1.71 bits per heavy atom. The average molecular weight is 257 g/mol. The van der Waals surface area contributed by atoms with Crippen molar-refractivity contribution >= 4 is 12.6 Å². The number of likely N-dealkylation sites (tertiary alicyclic amines) is 1. The van der Waals surface area contributed by atoms with Crippen LogP contribution in [-0.2, 0) is 0 Å². The molecule has 102 valence electrons. The molecule has 1 nitrogen and oxygen atoms in total. The molecule has 1 aliphatic heterocycles. The predicted molar refractivity (Wildman–Crippen MR) is 80.9 cm³/mol. The van der Waals surface area contributed by atoms with E-state index in [1.807, 2.05) is 0 Å². The number of piperidine rings is 1. The minimum Gasteiger partial charge on any atom is -0.303 e. The lowest BCUT2D eigenvalue weighted by atomic mass is 9.74. The first kappa shape index (κ1) is 15.4. The van der Waals surface area contributed by atoms with E-state index in [0.29, 0.717) is 5.41 Å². The highest BCUT2D eigenvalue weighted by atomic mass is 32.1. The van der Waals surface area contributed by atoms with Crippen LogP contribution in [0.5, 0.6) is 0 Å². The Balaban J connectivity index is 2.23. The van der Waals surface area contributed by atoms with Gasteiger partial charge in [0.25, 0.3) is 0 Å². The lowest BCUT2D eigenvalue weighted by Gasteiger charge is -2.41. The van der Waals surface area contributed by atoms with Gasteiger partial charge < -0.3 is 4.90 Å². The molecule has 0 spiro atoms. The van der Waals surface area contributed by atoms with E-state index < -0.39 is 0 Å². The number of nitrogens with zero attached hydrogens (tertiary/aromatic N) is 1. The standard InChI is InChI=1S/C15H31NS/c1-4-15(5-2)8-11-16(12-9-15)10-6-14(3)7-13-17/h14,17H,4-13H2,1-3H3. The maximum Gasteiger partial charge on any atom is -0.00134 e. The highest BCUT2D eigenvalue weighted by molar-refractivity contribution is 7.80. The normalized spacial score (nSPS) is 22.6. The molecule has 1 aliphatic rings. The van der Waals surface area contributed by atoms with Crippen molar-refractivity contribution in [3.8, 4) is 0 Å². The van der Waals surface area contributed by atoms with Crippen LogP contribution < -0.4 is 0 Å². The van der Waals surface area contributed by atoms with Gasteiger partial charge in [0.15, 0.2) is 0 Å². The third-order valence-electron chi connectivity index (χ3n) is 4.98. The summed E-state index contributed by atoms with van der Waals surface area (Å²) in [5.74, 6) is 1.88. The van der Waals surface area contributed by atoms with Gasteiger partial charge in [0.1, 0.15) is 0 Å². The summed E-state index contributed by atoms with van der Waals surface area (Å²) < 4.78 is 0. The minimum atomic E-state index is 0.674. The lowest BCUT2D eigenvalue weighted by molar-refractivity contribution is 0.0918. The Kier molecular flexibility index (Phi) is 6.94. The fraction of sp³-hybridized carbons (Fsp3) is 1.00. The van der Waals surface area contributed by atoms with E-state index in [9.17, 15) is 0 Å². The molecular formula is C15H31NS. The van der Waals surface area contributed by atoms with E-state index in [4.69, 9.17) is 0 Å². The highest BCUT2D eigenvalue weighted by Crippen LogP contribution is 2.37. The largest absolute Gasteiger partial charge is 0.303 e. The molecule has 0 N–H and O–H groups in total. The molecule has 2 heteroatoms. The zero-order valence-electron chi connectivity index (χ0n) is 12.0. The number of hydrogen-bond acceptors (Lipinski definition) is 2. The molecule has 0 aromatic heterocycles. The molecule has 0 aromatic rings. The molecule has 0 radical (unpaired) electrons. The summed E-state index contributed by atoms with van der Waals surface area (Å²) >= 11 is 4.31. The summed E-state index contributed by atoms with van der Waals surface area (Å²) in [6.45, 7) is 11.1. The van der Waals surface area contributed by atoms with Crippen molar-refractivity contribution in [2.24, 2.45) is 11.3 Å². The second-order valence-corrected chi connectivity index (χ2v) is 6.40. The van der Waals surface area contributed by atoms with E-state index >= 15 is 0 Å². The molecule has 0 bridgehead atoms. The topological polar surface area (TPSA) is 3.24 Å². The summed E-state index contributed by atoms with van der Waals surface area (Å²) in [6.07, 6.45) is 8.19. The van der Waals surface area contributed by atoms with Crippen molar-refractivity contribution in [2.75, 3.05) is 25.4 Å². The van der Waals surface area contributed by atoms with Gasteiger partial charge >= 0.3 is 0 Å². The van der Waals surface area contributed by atoms with Crippen molar-refractivity contribution in [1.29, 1.82) is 0 Å². The van der Waals surface area contributed by atoms with Gasteiger partial charge in [0, 0.05) is 0 Å². The van der Waals surface area contributed by atoms with Crippen molar-refractivity contribution < 1.29 is 0 Å². The molecule has 1 unspecified atom stereocenters. The maximum atomic E-state index is 4.31. The highest BCUT2D eigenvalue weighted by Gasteiger charge is 2.30. The number of thiol groups is 1. The monoisotopic (exact) mass is 257 g/mol. The Hall–Kier alpha value is 0.310. The number of rotatable bonds is 7. The zero-order valence-corrected chi connectivity index (χ0v) is 12.9. The van der Waals surface area contributed by atoms with Crippen LogP contribution in [0.4, 0.5) is 0 Å². The van der Waals surface area contributed by atoms with Crippen LogP contribution in [0, 0.1) is 11.3 Å². The molecule has 1 fully saturated rings. The Morgan fingerprint density at radius 3 is 2.18 bits per heavy atom. The SMILES string of the molecule is CCC1(CC)CCN(CCC(C)CCS)CC1. The first-order valence-electron chi connectivity index (χ1n) is 7.49. The Morgan fingerprint density at radius 1 is 1.12 bits per heavy atom. The average Bonchev–Trinajstić information content (AvgIpc) is 2.37. The summed E-state index contributed by atoms with van der Waals surface area (Å²) in [7, 11) is 0. The second kappa shape index (κ2) is 7.68. The van der Waals surface area contributed by atoms with Crippen LogP contribution in [0.1, 0.15) is 59.3 Å². The smallest absolute Gasteiger partial charge is 0.00134 e. The summed E-state index contributed by atoms with van der Waals surface area (Å²) in [4.78, 5) is 2.68. The molecule has 1 heterocycles. The van der Waals surface area contributed by atoms with Gasteiger partial charge in [0.2, 0.25) is 0 Å². The molecule has 17 heavy (non-hydrogen) atoms.